The van der Waals surface area contributed by atoms with Crippen LogP contribution in [-0.4, -0.2) is 15.0 Å². The van der Waals surface area contributed by atoms with Crippen molar-refractivity contribution in [3.8, 4) is 27.9 Å². The van der Waals surface area contributed by atoms with E-state index in [4.69, 9.17) is 5.41 Å². The molecule has 0 aliphatic rings. The molecule has 300 valence electrons. The maximum atomic E-state index is 8.89. The second kappa shape index (κ2) is 15.3. The minimum atomic E-state index is -0.275. The molecule has 1 unspecified atom stereocenters. The second-order valence-electron chi connectivity index (χ2n) is 16.2. The van der Waals surface area contributed by atoms with Gasteiger partial charge in [0.2, 0.25) is 0 Å². The van der Waals surface area contributed by atoms with Gasteiger partial charge in [-0.3, -0.25) is 10.7 Å². The van der Waals surface area contributed by atoms with E-state index in [1.54, 1.807) is 0 Å². The number of amidine groups is 1. The number of para-hydroxylation sites is 2. The molecule has 0 radical (unpaired) electrons. The summed E-state index contributed by atoms with van der Waals surface area (Å²) in [7, 11) is 0. The molecule has 0 aliphatic heterocycles. The molecule has 3 N–H and O–H groups in total. The summed E-state index contributed by atoms with van der Waals surface area (Å²) in [5.74, 6) is 0.375. The van der Waals surface area contributed by atoms with Gasteiger partial charge in [-0.1, -0.05) is 152 Å². The van der Waals surface area contributed by atoms with Gasteiger partial charge in [-0.25, -0.2) is 0 Å². The van der Waals surface area contributed by atoms with Crippen LogP contribution in [0, 0.1) is 5.41 Å². The van der Waals surface area contributed by atoms with Crippen LogP contribution in [0.1, 0.15) is 17.3 Å². The first kappa shape index (κ1) is 37.0. The molecule has 6 heteroatoms. The highest BCUT2D eigenvalue weighted by molar-refractivity contribution is 7.25. The number of hydrogen-bond acceptors (Lipinski definition) is 3. The largest absolute Gasteiger partial charge is 0.351 e. The Bertz CT molecular complexity index is 3680. The Balaban J connectivity index is 0.933. The molecule has 5 nitrogen and oxygen atoms in total. The van der Waals surface area contributed by atoms with Gasteiger partial charge in [0.25, 0.3) is 0 Å². The van der Waals surface area contributed by atoms with Crippen LogP contribution in [0.5, 0.6) is 0 Å². The van der Waals surface area contributed by atoms with Gasteiger partial charge in [-0.2, -0.15) is 0 Å². The molecule has 12 rings (SSSR count). The number of nitrogens with one attached hydrogen (secondary N) is 3. The number of hydrogen-bond donors (Lipinski definition) is 3. The first-order valence-electron chi connectivity index (χ1n) is 21.4. The average molecular weight is 828 g/mol. The first-order chi connectivity index (χ1) is 31.1. The molecular weight excluding hydrogens is 787 g/mol. The van der Waals surface area contributed by atoms with Crippen LogP contribution in [0.4, 0.5) is 0 Å². The zero-order valence-electron chi connectivity index (χ0n) is 34.3. The summed E-state index contributed by atoms with van der Waals surface area (Å²) < 4.78 is 7.37. The highest BCUT2D eigenvalue weighted by atomic mass is 32.1. The molecule has 12 aromatic rings. The van der Waals surface area contributed by atoms with Crippen molar-refractivity contribution in [3.63, 3.8) is 0 Å². The fourth-order valence-corrected chi connectivity index (χ4v) is 10.6. The third-order valence-electron chi connectivity index (χ3n) is 12.5. The summed E-state index contributed by atoms with van der Waals surface area (Å²) in [5.41, 5.74) is 12.6. The highest BCUT2D eigenvalue weighted by Crippen LogP contribution is 2.43. The summed E-state index contributed by atoms with van der Waals surface area (Å²) in [6, 6.07) is 75.9. The molecular formula is C57H41N5S. The van der Waals surface area contributed by atoms with E-state index in [0.717, 1.165) is 27.8 Å². The van der Waals surface area contributed by atoms with Gasteiger partial charge in [0.05, 0.1) is 28.7 Å². The average Bonchev–Trinajstić information content (AvgIpc) is 3.99. The van der Waals surface area contributed by atoms with Gasteiger partial charge in [0, 0.05) is 53.0 Å². The van der Waals surface area contributed by atoms with E-state index >= 15 is 0 Å². The standard InChI is InChI=1S/C57H41N5S/c58-56(38-17-6-2-7-18-38)60-57(39-19-8-3-9-20-39)59-36-61-50-25-12-10-23-44(50)46-32-41(27-29-51(46)61)42-28-30-54-48(33-42)49-34-53-47(35-55(49)63-54)45-24-11-13-26-52(45)62(53)43-22-14-21-40(31-43)37-15-4-1-5-16-37/h1-35,57,59H,36H2,(H2,58,60). The molecule has 0 bridgehead atoms. The predicted molar refractivity (Wildman–Crippen MR) is 266 cm³/mol. The topological polar surface area (TPSA) is 57.8 Å². The zero-order chi connectivity index (χ0) is 41.9. The van der Waals surface area contributed by atoms with Crippen molar-refractivity contribution in [1.82, 2.24) is 19.8 Å². The van der Waals surface area contributed by atoms with Crippen LogP contribution in [0.15, 0.2) is 212 Å². The van der Waals surface area contributed by atoms with E-state index in [-0.39, 0.29) is 6.17 Å². The number of aromatic nitrogens is 2. The Morgan fingerprint density at radius 1 is 0.444 bits per heavy atom. The molecule has 9 aromatic carbocycles. The Kier molecular flexibility index (Phi) is 8.99. The summed E-state index contributed by atoms with van der Waals surface area (Å²) in [6.45, 7) is 0.548. The van der Waals surface area contributed by atoms with Gasteiger partial charge in [-0.05, 0) is 88.5 Å². The number of rotatable bonds is 9. The molecule has 3 heterocycles. The minimum Gasteiger partial charge on any atom is -0.351 e. The van der Waals surface area contributed by atoms with Crippen LogP contribution >= 0.6 is 11.3 Å². The summed E-state index contributed by atoms with van der Waals surface area (Å²) >= 11 is 1.87. The quantitative estimate of drug-likeness (QED) is 0.0771. The van der Waals surface area contributed by atoms with Crippen molar-refractivity contribution in [3.05, 3.63) is 223 Å². The van der Waals surface area contributed by atoms with E-state index in [1.807, 2.05) is 59.9 Å². The van der Waals surface area contributed by atoms with E-state index in [0.29, 0.717) is 12.5 Å². The Labute approximate surface area is 368 Å². The first-order valence-corrected chi connectivity index (χ1v) is 22.2. The van der Waals surface area contributed by atoms with E-state index in [9.17, 15) is 0 Å². The molecule has 3 aromatic heterocycles. The van der Waals surface area contributed by atoms with Gasteiger partial charge in [0.15, 0.2) is 0 Å². The lowest BCUT2D eigenvalue weighted by Gasteiger charge is -2.23. The fraction of sp³-hybridized carbons (Fsp3) is 0.0351. The number of fused-ring (bicyclic) bond motifs is 9. The smallest absolute Gasteiger partial charge is 0.126 e. The van der Waals surface area contributed by atoms with E-state index in [2.05, 4.69) is 184 Å². The van der Waals surface area contributed by atoms with Crippen LogP contribution < -0.4 is 10.6 Å². The van der Waals surface area contributed by atoms with Crippen molar-refractivity contribution in [2.24, 2.45) is 0 Å². The molecule has 0 aliphatic carbocycles. The SMILES string of the molecule is N=C(NC(NCn1c2ccccc2c2cc(-c3ccc4sc5cc6c7ccccc7n(-c7cccc(-c8ccccc8)c7)c6cc5c4c3)ccc21)c1ccccc1)c1ccccc1. The summed E-state index contributed by atoms with van der Waals surface area (Å²) in [5, 5.41) is 23.6. The van der Waals surface area contributed by atoms with Gasteiger partial charge >= 0.3 is 0 Å². The number of benzene rings is 9. The molecule has 0 spiro atoms. The fourth-order valence-electron chi connectivity index (χ4n) is 9.47. The third kappa shape index (κ3) is 6.47. The second-order valence-corrected chi connectivity index (χ2v) is 17.3. The lowest BCUT2D eigenvalue weighted by atomic mass is 10.0. The van der Waals surface area contributed by atoms with Crippen molar-refractivity contribution < 1.29 is 0 Å². The minimum absolute atomic E-state index is 0.275. The lowest BCUT2D eigenvalue weighted by molar-refractivity contribution is 0.454. The number of thiophene rings is 1. The Morgan fingerprint density at radius 3 is 1.83 bits per heavy atom. The highest BCUT2D eigenvalue weighted by Gasteiger charge is 2.19. The molecule has 0 amide bonds. The Hall–Kier alpha value is -7.77. The van der Waals surface area contributed by atoms with Crippen molar-refractivity contribution in [2.75, 3.05) is 0 Å². The van der Waals surface area contributed by atoms with Gasteiger partial charge in [0.1, 0.15) is 12.0 Å². The summed E-state index contributed by atoms with van der Waals surface area (Å²) in [4.78, 5) is 0. The Morgan fingerprint density at radius 2 is 1.03 bits per heavy atom. The molecule has 0 saturated heterocycles. The van der Waals surface area contributed by atoms with Crippen molar-refractivity contribution in [1.29, 1.82) is 5.41 Å². The predicted octanol–water partition coefficient (Wildman–Crippen LogP) is 14.5. The summed E-state index contributed by atoms with van der Waals surface area (Å²) in [6.07, 6.45) is -0.275. The maximum absolute atomic E-state index is 8.89. The van der Waals surface area contributed by atoms with E-state index in [1.165, 1.54) is 75.0 Å². The molecule has 1 atom stereocenters. The van der Waals surface area contributed by atoms with Crippen molar-refractivity contribution in [2.45, 2.75) is 12.8 Å². The van der Waals surface area contributed by atoms with Crippen LogP contribution in [-0.2, 0) is 6.67 Å². The van der Waals surface area contributed by atoms with Crippen LogP contribution in [0.3, 0.4) is 0 Å². The molecule has 0 fully saturated rings. The third-order valence-corrected chi connectivity index (χ3v) is 13.7. The van der Waals surface area contributed by atoms with Crippen molar-refractivity contribution >= 4 is 81.0 Å². The van der Waals surface area contributed by atoms with Crippen LogP contribution in [0.25, 0.3) is 91.7 Å². The maximum Gasteiger partial charge on any atom is 0.126 e. The monoisotopic (exact) mass is 827 g/mol. The molecule has 0 saturated carbocycles. The molecule has 63 heavy (non-hydrogen) atoms. The van der Waals surface area contributed by atoms with Crippen LogP contribution in [0.2, 0.25) is 0 Å². The zero-order valence-corrected chi connectivity index (χ0v) is 35.1. The van der Waals surface area contributed by atoms with Gasteiger partial charge in [-0.15, -0.1) is 11.3 Å². The number of nitrogens with zero attached hydrogens (tertiary/aromatic N) is 2. The lowest BCUT2D eigenvalue weighted by Crippen LogP contribution is -2.38. The van der Waals surface area contributed by atoms with E-state index < -0.39 is 0 Å². The normalized spacial score (nSPS) is 12.3. The van der Waals surface area contributed by atoms with Gasteiger partial charge < -0.3 is 14.5 Å².